The van der Waals surface area contributed by atoms with Crippen LogP contribution in [-0.4, -0.2) is 18.0 Å². The molecule has 6 heteroatoms. The van der Waals surface area contributed by atoms with Gasteiger partial charge in [0.05, 0.1) is 0 Å². The standard InChI is InChI=1S/C38H58N2O4/c1-24(2)7-6-8-25(3)32-11-12-33-31-10-9-27-21-30(15-17-37(27,4)34(31)16-18-38(32,33)5)44-36(42)14-13-35(41)43-23-26-19-28(39)22-29(40)20-26/h13-14,19-20,22,24-25,27,30-34H,6-12,15-18,21,23,39-40H2,1-5H3/b14-13-. The smallest absolute Gasteiger partial charge is 0.331 e. The molecule has 0 amide bonds. The van der Waals surface area contributed by atoms with Crippen LogP contribution in [0.15, 0.2) is 30.4 Å². The van der Waals surface area contributed by atoms with Gasteiger partial charge in [-0.3, -0.25) is 0 Å². The molecule has 9 unspecified atom stereocenters. The summed E-state index contributed by atoms with van der Waals surface area (Å²) in [6, 6.07) is 5.06. The van der Waals surface area contributed by atoms with Gasteiger partial charge in [0.25, 0.3) is 0 Å². The number of rotatable bonds is 10. The number of carbonyl (C=O) groups excluding carboxylic acids is 2. The third kappa shape index (κ3) is 6.99. The molecule has 5 rings (SSSR count). The molecule has 9 atom stereocenters. The van der Waals surface area contributed by atoms with Gasteiger partial charge in [-0.15, -0.1) is 0 Å². The first kappa shape index (κ1) is 32.9. The molecule has 44 heavy (non-hydrogen) atoms. The van der Waals surface area contributed by atoms with Gasteiger partial charge in [-0.1, -0.05) is 53.9 Å². The Morgan fingerprint density at radius 2 is 1.55 bits per heavy atom. The van der Waals surface area contributed by atoms with Gasteiger partial charge >= 0.3 is 11.9 Å². The van der Waals surface area contributed by atoms with Crippen molar-refractivity contribution in [2.45, 2.75) is 124 Å². The Morgan fingerprint density at radius 1 is 0.864 bits per heavy atom. The fourth-order valence-electron chi connectivity index (χ4n) is 10.7. The van der Waals surface area contributed by atoms with E-state index in [2.05, 4.69) is 34.6 Å². The Hall–Kier alpha value is -2.50. The van der Waals surface area contributed by atoms with Crippen molar-refractivity contribution in [3.8, 4) is 0 Å². The van der Waals surface area contributed by atoms with E-state index in [-0.39, 0.29) is 12.7 Å². The molecule has 0 bridgehead atoms. The van der Waals surface area contributed by atoms with E-state index in [1.54, 1.807) is 18.2 Å². The number of benzene rings is 1. The molecule has 1 aromatic carbocycles. The van der Waals surface area contributed by atoms with Crippen molar-refractivity contribution >= 4 is 23.3 Å². The van der Waals surface area contributed by atoms with Gasteiger partial charge in [-0.2, -0.15) is 0 Å². The van der Waals surface area contributed by atoms with Crippen LogP contribution in [0, 0.1) is 52.3 Å². The number of nitrogens with two attached hydrogens (primary N) is 2. The molecule has 244 valence electrons. The maximum atomic E-state index is 12.6. The molecule has 4 aliphatic carbocycles. The minimum atomic E-state index is -0.596. The van der Waals surface area contributed by atoms with Gasteiger partial charge in [0.2, 0.25) is 0 Å². The summed E-state index contributed by atoms with van der Waals surface area (Å²) in [5, 5.41) is 0. The number of fused-ring (bicyclic) bond motifs is 5. The second-order valence-corrected chi connectivity index (χ2v) is 16.0. The lowest BCUT2D eigenvalue weighted by Crippen LogP contribution is -2.54. The van der Waals surface area contributed by atoms with Crippen LogP contribution in [-0.2, 0) is 25.7 Å². The first-order chi connectivity index (χ1) is 20.9. The minimum Gasteiger partial charge on any atom is -0.459 e. The molecule has 0 spiro atoms. The number of carbonyl (C=O) groups is 2. The molecule has 0 radical (unpaired) electrons. The van der Waals surface area contributed by atoms with E-state index in [1.807, 2.05) is 0 Å². The normalized spacial score (nSPS) is 35.5. The third-order valence-electron chi connectivity index (χ3n) is 12.9. The average Bonchev–Trinajstić information content (AvgIpc) is 3.32. The van der Waals surface area contributed by atoms with E-state index in [0.717, 1.165) is 60.8 Å². The summed E-state index contributed by atoms with van der Waals surface area (Å²) in [4.78, 5) is 24.8. The summed E-state index contributed by atoms with van der Waals surface area (Å²) in [7, 11) is 0. The molecule has 4 fully saturated rings. The van der Waals surface area contributed by atoms with Crippen molar-refractivity contribution < 1.29 is 19.1 Å². The number of esters is 2. The number of anilines is 2. The monoisotopic (exact) mass is 606 g/mol. The van der Waals surface area contributed by atoms with Crippen LogP contribution in [0.5, 0.6) is 0 Å². The zero-order chi connectivity index (χ0) is 31.6. The Balaban J connectivity index is 1.12. The quantitative estimate of drug-likeness (QED) is 0.157. The highest BCUT2D eigenvalue weighted by atomic mass is 16.5. The van der Waals surface area contributed by atoms with Crippen LogP contribution < -0.4 is 11.5 Å². The highest BCUT2D eigenvalue weighted by molar-refractivity contribution is 5.91. The van der Waals surface area contributed by atoms with E-state index in [4.69, 9.17) is 20.9 Å². The Labute approximate surface area is 266 Å². The molecule has 0 aliphatic heterocycles. The van der Waals surface area contributed by atoms with Crippen molar-refractivity contribution in [1.29, 1.82) is 0 Å². The number of nitrogen functional groups attached to an aromatic ring is 2. The molecule has 1 aromatic rings. The van der Waals surface area contributed by atoms with Gasteiger partial charge in [-0.05, 0) is 134 Å². The van der Waals surface area contributed by atoms with Crippen LogP contribution in [0.2, 0.25) is 0 Å². The summed E-state index contributed by atoms with van der Waals surface area (Å²) in [5.74, 6) is 4.63. The maximum Gasteiger partial charge on any atom is 0.331 e. The van der Waals surface area contributed by atoms with E-state index in [1.165, 1.54) is 63.9 Å². The van der Waals surface area contributed by atoms with Gasteiger partial charge in [-0.25, -0.2) is 9.59 Å². The second-order valence-electron chi connectivity index (χ2n) is 16.0. The highest BCUT2D eigenvalue weighted by Gasteiger charge is 2.60. The van der Waals surface area contributed by atoms with Crippen molar-refractivity contribution in [2.24, 2.45) is 52.3 Å². The van der Waals surface area contributed by atoms with Crippen LogP contribution >= 0.6 is 0 Å². The number of ether oxygens (including phenoxy) is 2. The van der Waals surface area contributed by atoms with Gasteiger partial charge in [0.1, 0.15) is 12.7 Å². The summed E-state index contributed by atoms with van der Waals surface area (Å²) < 4.78 is 11.1. The summed E-state index contributed by atoms with van der Waals surface area (Å²) >= 11 is 0. The first-order valence-corrected chi connectivity index (χ1v) is 17.6. The zero-order valence-corrected chi connectivity index (χ0v) is 28.0. The molecular weight excluding hydrogens is 548 g/mol. The molecular formula is C38H58N2O4. The van der Waals surface area contributed by atoms with Crippen molar-refractivity contribution in [3.63, 3.8) is 0 Å². The largest absolute Gasteiger partial charge is 0.459 e. The van der Waals surface area contributed by atoms with Crippen LogP contribution in [0.3, 0.4) is 0 Å². The van der Waals surface area contributed by atoms with Crippen LogP contribution in [0.1, 0.15) is 117 Å². The Bertz CT molecular complexity index is 1190. The highest BCUT2D eigenvalue weighted by Crippen LogP contribution is 2.68. The molecule has 4 aliphatic rings. The first-order valence-electron chi connectivity index (χ1n) is 17.6. The van der Waals surface area contributed by atoms with Crippen molar-refractivity contribution in [2.75, 3.05) is 11.5 Å². The molecule has 4 N–H and O–H groups in total. The topological polar surface area (TPSA) is 105 Å². The molecule has 6 nitrogen and oxygen atoms in total. The van der Waals surface area contributed by atoms with E-state index >= 15 is 0 Å². The van der Waals surface area contributed by atoms with E-state index < -0.39 is 11.9 Å². The summed E-state index contributed by atoms with van der Waals surface area (Å²) in [5.41, 5.74) is 14.2. The number of hydrogen-bond acceptors (Lipinski definition) is 6. The van der Waals surface area contributed by atoms with Gasteiger partial charge in [0, 0.05) is 23.5 Å². The predicted molar refractivity (Wildman–Crippen MR) is 177 cm³/mol. The lowest BCUT2D eigenvalue weighted by molar-refractivity contribution is -0.158. The summed E-state index contributed by atoms with van der Waals surface area (Å²) in [6.07, 6.45) is 17.6. The second kappa shape index (κ2) is 13.5. The Morgan fingerprint density at radius 3 is 2.27 bits per heavy atom. The molecule has 0 saturated heterocycles. The molecule has 0 aromatic heterocycles. The van der Waals surface area contributed by atoms with Crippen LogP contribution in [0.4, 0.5) is 11.4 Å². The predicted octanol–water partition coefficient (Wildman–Crippen LogP) is 8.48. The van der Waals surface area contributed by atoms with E-state index in [0.29, 0.717) is 33.7 Å². The fourth-order valence-corrected chi connectivity index (χ4v) is 10.7. The maximum absolute atomic E-state index is 12.6. The zero-order valence-electron chi connectivity index (χ0n) is 28.0. The minimum absolute atomic E-state index is 0.0382. The van der Waals surface area contributed by atoms with Crippen molar-refractivity contribution in [3.05, 3.63) is 35.9 Å². The lowest BCUT2D eigenvalue weighted by Gasteiger charge is -2.61. The third-order valence-corrected chi connectivity index (χ3v) is 12.9. The van der Waals surface area contributed by atoms with Crippen molar-refractivity contribution in [1.82, 2.24) is 0 Å². The van der Waals surface area contributed by atoms with Gasteiger partial charge < -0.3 is 20.9 Å². The van der Waals surface area contributed by atoms with E-state index in [9.17, 15) is 9.59 Å². The SMILES string of the molecule is CC(C)CCCC(C)C1CCC2C3CCC4CC(OC(=O)/C=C\C(=O)OCc5cc(N)cc(N)c5)CCC4(C)C3CCC12C. The molecule has 4 saturated carbocycles. The molecule has 0 heterocycles. The van der Waals surface area contributed by atoms with Gasteiger partial charge in [0.15, 0.2) is 0 Å². The summed E-state index contributed by atoms with van der Waals surface area (Å²) in [6.45, 7) is 12.5. The lowest BCUT2D eigenvalue weighted by atomic mass is 9.44. The number of hydrogen-bond donors (Lipinski definition) is 2. The van der Waals surface area contributed by atoms with Crippen LogP contribution in [0.25, 0.3) is 0 Å². The fraction of sp³-hybridized carbons (Fsp3) is 0.737. The Kier molecular flexibility index (Phi) is 10.1. The average molecular weight is 607 g/mol.